The molecule has 0 saturated heterocycles. The second-order valence-corrected chi connectivity index (χ2v) is 7.39. The van der Waals surface area contributed by atoms with Crippen LogP contribution in [0.4, 0.5) is 24.5 Å². The highest BCUT2D eigenvalue weighted by molar-refractivity contribution is 6.09. The number of aryl methyl sites for hydroxylation is 1. The van der Waals surface area contributed by atoms with Crippen molar-refractivity contribution in [3.63, 3.8) is 0 Å². The van der Waals surface area contributed by atoms with E-state index < -0.39 is 36.7 Å². The maximum atomic E-state index is 14.9. The Balaban J connectivity index is 1.69. The number of carbonyl (C=O) groups excluding carboxylic acids is 2. The van der Waals surface area contributed by atoms with Gasteiger partial charge in [-0.2, -0.15) is 4.39 Å². The van der Waals surface area contributed by atoms with Gasteiger partial charge in [0, 0.05) is 28.7 Å². The third kappa shape index (κ3) is 3.91. The predicted octanol–water partition coefficient (Wildman–Crippen LogP) is 4.01. The highest BCUT2D eigenvalue weighted by atomic mass is 19.3. The molecule has 0 radical (unpaired) electrons. The number of hydrogen-bond acceptors (Lipinski definition) is 5. The fourth-order valence-corrected chi connectivity index (χ4v) is 3.65. The summed E-state index contributed by atoms with van der Waals surface area (Å²) in [6, 6.07) is 6.62. The summed E-state index contributed by atoms with van der Waals surface area (Å²) in [4.78, 5) is 39.1. The zero-order chi connectivity index (χ0) is 23.0. The molecule has 0 aliphatic carbocycles. The van der Waals surface area contributed by atoms with Crippen LogP contribution in [0.3, 0.4) is 0 Å². The molecule has 2 aromatic heterocycles. The van der Waals surface area contributed by atoms with Gasteiger partial charge in [0.05, 0.1) is 22.9 Å². The average molecular weight is 441 g/mol. The molecule has 1 aliphatic rings. The van der Waals surface area contributed by atoms with Gasteiger partial charge in [0.15, 0.2) is 0 Å². The Morgan fingerprint density at radius 1 is 1.25 bits per heavy atom. The van der Waals surface area contributed by atoms with Crippen molar-refractivity contribution in [1.82, 2.24) is 15.0 Å². The van der Waals surface area contributed by atoms with Gasteiger partial charge in [0.25, 0.3) is 6.43 Å². The summed E-state index contributed by atoms with van der Waals surface area (Å²) in [6.07, 6.45) is 0.0656. The van der Waals surface area contributed by atoms with E-state index in [2.05, 4.69) is 20.3 Å². The minimum atomic E-state index is -2.62. The Morgan fingerprint density at radius 3 is 2.66 bits per heavy atom. The molecule has 164 valence electrons. The van der Waals surface area contributed by atoms with Crippen molar-refractivity contribution < 1.29 is 22.8 Å². The molecule has 1 unspecified atom stereocenters. The number of benzene rings is 1. The van der Waals surface area contributed by atoms with E-state index in [1.165, 1.54) is 47.8 Å². The van der Waals surface area contributed by atoms with Crippen LogP contribution in [-0.2, 0) is 9.59 Å². The van der Waals surface area contributed by atoms with Crippen LogP contribution in [0.2, 0.25) is 0 Å². The summed E-state index contributed by atoms with van der Waals surface area (Å²) in [7, 11) is 0. The summed E-state index contributed by atoms with van der Waals surface area (Å²) < 4.78 is 40.4. The third-order valence-electron chi connectivity index (χ3n) is 5.18. The van der Waals surface area contributed by atoms with Crippen LogP contribution in [0.5, 0.6) is 0 Å². The van der Waals surface area contributed by atoms with E-state index in [0.29, 0.717) is 22.6 Å². The fourth-order valence-electron chi connectivity index (χ4n) is 3.65. The lowest BCUT2D eigenvalue weighted by Crippen LogP contribution is -2.40. The Morgan fingerprint density at radius 2 is 1.97 bits per heavy atom. The van der Waals surface area contributed by atoms with Crippen LogP contribution < -0.4 is 10.2 Å². The number of anilines is 2. The minimum Gasteiger partial charge on any atom is -0.325 e. The first-order valence-electron chi connectivity index (χ1n) is 9.73. The van der Waals surface area contributed by atoms with E-state index in [0.717, 1.165) is 0 Å². The average Bonchev–Trinajstić information content (AvgIpc) is 2.84. The Hall–Kier alpha value is -3.82. The summed E-state index contributed by atoms with van der Waals surface area (Å²) >= 11 is 0. The van der Waals surface area contributed by atoms with Crippen LogP contribution in [0.1, 0.15) is 36.2 Å². The van der Waals surface area contributed by atoms with Crippen molar-refractivity contribution in [3.05, 3.63) is 65.8 Å². The zero-order valence-electron chi connectivity index (χ0n) is 17.1. The number of rotatable bonds is 4. The lowest BCUT2D eigenvalue weighted by Gasteiger charge is -2.24. The van der Waals surface area contributed by atoms with Gasteiger partial charge < -0.3 is 10.2 Å². The number of pyridine rings is 1. The van der Waals surface area contributed by atoms with Crippen molar-refractivity contribution in [2.45, 2.75) is 26.2 Å². The summed E-state index contributed by atoms with van der Waals surface area (Å²) in [5, 5.41) is 2.58. The molecule has 1 atom stereocenters. The van der Waals surface area contributed by atoms with E-state index in [1.807, 2.05) is 0 Å². The molecule has 3 heterocycles. The quantitative estimate of drug-likeness (QED) is 0.618. The molecule has 32 heavy (non-hydrogen) atoms. The number of alkyl halides is 2. The van der Waals surface area contributed by atoms with Crippen LogP contribution in [0.15, 0.2) is 42.9 Å². The highest BCUT2D eigenvalue weighted by Crippen LogP contribution is 2.41. The highest BCUT2D eigenvalue weighted by Gasteiger charge is 2.35. The van der Waals surface area contributed by atoms with Gasteiger partial charge in [0.1, 0.15) is 12.9 Å². The minimum absolute atomic E-state index is 0.0398. The lowest BCUT2D eigenvalue weighted by atomic mass is 9.99. The standard InChI is InChI=1S/C22H18F3N5O2/c1-11-7-16-18(21(25)28-11)15-8-26-10-27-19(15)12(2)22(32)30(16)9-17(31)29-14-5-3-13(4-6-14)20(23)24/h3-8,10,12,20H,9H2,1-2H3,(H,29,31). The second-order valence-electron chi connectivity index (χ2n) is 7.39. The van der Waals surface area contributed by atoms with Crippen molar-refractivity contribution in [2.24, 2.45) is 0 Å². The maximum Gasteiger partial charge on any atom is 0.263 e. The van der Waals surface area contributed by atoms with Gasteiger partial charge >= 0.3 is 0 Å². The number of aromatic nitrogens is 3. The van der Waals surface area contributed by atoms with E-state index in [9.17, 15) is 22.8 Å². The zero-order valence-corrected chi connectivity index (χ0v) is 17.1. The first-order chi connectivity index (χ1) is 15.3. The summed E-state index contributed by atoms with van der Waals surface area (Å²) in [5.41, 5.74) is 1.34. The molecule has 0 fully saturated rings. The number of halogens is 3. The van der Waals surface area contributed by atoms with Crippen LogP contribution in [0.25, 0.3) is 11.1 Å². The van der Waals surface area contributed by atoms with E-state index in [4.69, 9.17) is 0 Å². The van der Waals surface area contributed by atoms with E-state index in [1.54, 1.807) is 13.8 Å². The Labute approximate surface area is 181 Å². The van der Waals surface area contributed by atoms with Crippen molar-refractivity contribution in [2.75, 3.05) is 16.8 Å². The molecule has 1 aromatic carbocycles. The molecule has 1 N–H and O–H groups in total. The summed E-state index contributed by atoms with van der Waals surface area (Å²) in [6.45, 7) is 2.77. The molecular weight excluding hydrogens is 423 g/mol. The van der Waals surface area contributed by atoms with Gasteiger partial charge in [-0.1, -0.05) is 12.1 Å². The largest absolute Gasteiger partial charge is 0.325 e. The molecule has 0 spiro atoms. The first kappa shape index (κ1) is 21.4. The van der Waals surface area contributed by atoms with E-state index >= 15 is 0 Å². The molecule has 0 bridgehead atoms. The van der Waals surface area contributed by atoms with E-state index in [-0.39, 0.29) is 16.8 Å². The fraction of sp³-hybridized carbons (Fsp3) is 0.227. The topological polar surface area (TPSA) is 88.1 Å². The molecule has 7 nitrogen and oxygen atoms in total. The molecule has 0 saturated carbocycles. The SMILES string of the molecule is Cc1cc2c(c(F)n1)-c1cncnc1C(C)C(=O)N2CC(=O)Nc1ccc(C(F)F)cc1. The van der Waals surface area contributed by atoms with Crippen molar-refractivity contribution in [3.8, 4) is 11.1 Å². The molecule has 10 heteroatoms. The molecule has 4 rings (SSSR count). The lowest BCUT2D eigenvalue weighted by molar-refractivity contribution is -0.122. The van der Waals surface area contributed by atoms with Gasteiger partial charge in [-0.05, 0) is 32.0 Å². The number of fused-ring (bicyclic) bond motifs is 3. The number of nitrogens with one attached hydrogen (secondary N) is 1. The van der Waals surface area contributed by atoms with Gasteiger partial charge in [-0.25, -0.2) is 23.7 Å². The first-order valence-corrected chi connectivity index (χ1v) is 9.73. The number of nitrogens with zero attached hydrogens (tertiary/aromatic N) is 4. The third-order valence-corrected chi connectivity index (χ3v) is 5.18. The predicted molar refractivity (Wildman–Crippen MR) is 111 cm³/mol. The Kier molecular flexibility index (Phi) is 5.60. The monoisotopic (exact) mass is 441 g/mol. The second kappa shape index (κ2) is 8.37. The smallest absolute Gasteiger partial charge is 0.263 e. The van der Waals surface area contributed by atoms with Crippen LogP contribution in [-0.4, -0.2) is 33.3 Å². The Bertz CT molecular complexity index is 1200. The van der Waals surface area contributed by atoms with Crippen molar-refractivity contribution in [1.29, 1.82) is 0 Å². The molecule has 3 aromatic rings. The van der Waals surface area contributed by atoms with Gasteiger partial charge in [0.2, 0.25) is 17.8 Å². The molecular formula is C22H18F3N5O2. The summed E-state index contributed by atoms with van der Waals surface area (Å²) in [5.74, 6) is -2.59. The molecule has 1 aliphatic heterocycles. The number of carbonyl (C=O) groups is 2. The van der Waals surface area contributed by atoms with Crippen LogP contribution in [0, 0.1) is 12.9 Å². The van der Waals surface area contributed by atoms with Gasteiger partial charge in [-0.3, -0.25) is 9.59 Å². The number of amides is 2. The molecule has 2 amide bonds. The maximum absolute atomic E-state index is 14.9. The van der Waals surface area contributed by atoms with Gasteiger partial charge in [-0.15, -0.1) is 0 Å². The number of hydrogen-bond donors (Lipinski definition) is 1. The van der Waals surface area contributed by atoms with Crippen molar-refractivity contribution >= 4 is 23.2 Å². The van der Waals surface area contributed by atoms with Crippen LogP contribution >= 0.6 is 0 Å². The normalized spacial score (nSPS) is 15.2.